The number of hydrogen-bond acceptors (Lipinski definition) is 5. The highest BCUT2D eigenvalue weighted by molar-refractivity contribution is 7.12. The van der Waals surface area contributed by atoms with Crippen molar-refractivity contribution in [2.45, 2.75) is 6.61 Å². The van der Waals surface area contributed by atoms with Crippen LogP contribution in [0, 0.1) is 0 Å². The zero-order valence-electron chi connectivity index (χ0n) is 12.0. The molecule has 1 aromatic carbocycles. The van der Waals surface area contributed by atoms with Crippen molar-refractivity contribution in [1.82, 2.24) is 0 Å². The minimum Gasteiger partial charge on any atom is -0.456 e. The molecule has 0 bridgehead atoms. The molecule has 0 saturated heterocycles. The van der Waals surface area contributed by atoms with Crippen LogP contribution in [0.2, 0.25) is 0 Å². The topological polar surface area (TPSA) is 55.4 Å². The average molecular weight is 343 g/mol. The van der Waals surface area contributed by atoms with Gasteiger partial charge in [-0.3, -0.25) is 4.79 Å². The van der Waals surface area contributed by atoms with E-state index in [1.807, 2.05) is 29.0 Å². The van der Waals surface area contributed by atoms with E-state index in [0.29, 0.717) is 16.1 Å². The lowest BCUT2D eigenvalue weighted by Crippen LogP contribution is -2.10. The second-order valence-electron chi connectivity index (χ2n) is 4.66. The van der Waals surface area contributed by atoms with Gasteiger partial charge in [0.2, 0.25) is 0 Å². The number of rotatable bonds is 5. The summed E-state index contributed by atoms with van der Waals surface area (Å²) < 4.78 is 5.24. The third-order valence-corrected chi connectivity index (χ3v) is 4.77. The highest BCUT2D eigenvalue weighted by Gasteiger charge is 2.10. The number of amides is 1. The van der Waals surface area contributed by atoms with Gasteiger partial charge in [0.25, 0.3) is 5.91 Å². The van der Waals surface area contributed by atoms with Crippen molar-refractivity contribution in [3.8, 4) is 0 Å². The Bertz CT molecular complexity index is 778. The van der Waals surface area contributed by atoms with Gasteiger partial charge in [-0.1, -0.05) is 12.1 Å². The smallest absolute Gasteiger partial charge is 0.338 e. The van der Waals surface area contributed by atoms with Gasteiger partial charge >= 0.3 is 5.97 Å². The van der Waals surface area contributed by atoms with Crippen molar-refractivity contribution >= 4 is 40.2 Å². The minimum absolute atomic E-state index is 0.159. The molecule has 0 radical (unpaired) electrons. The predicted molar refractivity (Wildman–Crippen MR) is 92.2 cm³/mol. The van der Waals surface area contributed by atoms with Crippen LogP contribution in [0.1, 0.15) is 24.9 Å². The SMILES string of the molecule is O=C(OCc1cccs1)c1ccc(NC(=O)c2cccs2)cc1. The monoisotopic (exact) mass is 343 g/mol. The van der Waals surface area contributed by atoms with Crippen molar-refractivity contribution in [3.63, 3.8) is 0 Å². The molecule has 0 aliphatic heterocycles. The first-order valence-corrected chi connectivity index (χ1v) is 8.63. The lowest BCUT2D eigenvalue weighted by Gasteiger charge is -2.06. The molecule has 116 valence electrons. The molecule has 0 atom stereocenters. The molecule has 0 fully saturated rings. The third kappa shape index (κ3) is 4.06. The van der Waals surface area contributed by atoms with E-state index < -0.39 is 0 Å². The second kappa shape index (κ2) is 7.21. The molecule has 0 spiro atoms. The quantitative estimate of drug-likeness (QED) is 0.698. The Labute approximate surface area is 141 Å². The molecular weight excluding hydrogens is 330 g/mol. The van der Waals surface area contributed by atoms with Gasteiger partial charge in [-0.25, -0.2) is 4.79 Å². The number of thiophene rings is 2. The number of nitrogens with one attached hydrogen (secondary N) is 1. The van der Waals surface area contributed by atoms with Crippen molar-refractivity contribution in [2.24, 2.45) is 0 Å². The van der Waals surface area contributed by atoms with E-state index in [9.17, 15) is 9.59 Å². The fourth-order valence-electron chi connectivity index (χ4n) is 1.90. The summed E-state index contributed by atoms with van der Waals surface area (Å²) in [5.41, 5.74) is 1.09. The Hall–Kier alpha value is -2.44. The Morgan fingerprint density at radius 1 is 0.957 bits per heavy atom. The largest absolute Gasteiger partial charge is 0.456 e. The molecular formula is C17H13NO3S2. The van der Waals surface area contributed by atoms with E-state index in [4.69, 9.17) is 4.74 Å². The van der Waals surface area contributed by atoms with E-state index in [1.165, 1.54) is 11.3 Å². The first kappa shape index (κ1) is 15.5. The summed E-state index contributed by atoms with van der Waals surface area (Å²) in [5.74, 6) is -0.539. The number of carbonyl (C=O) groups excluding carboxylic acids is 2. The van der Waals surface area contributed by atoms with Crippen LogP contribution in [0.15, 0.2) is 59.3 Å². The van der Waals surface area contributed by atoms with E-state index in [2.05, 4.69) is 5.32 Å². The van der Waals surface area contributed by atoms with E-state index >= 15 is 0 Å². The zero-order chi connectivity index (χ0) is 16.1. The van der Waals surface area contributed by atoms with Gasteiger partial charge < -0.3 is 10.1 Å². The highest BCUT2D eigenvalue weighted by Crippen LogP contribution is 2.16. The van der Waals surface area contributed by atoms with Crippen molar-refractivity contribution < 1.29 is 14.3 Å². The fourth-order valence-corrected chi connectivity index (χ4v) is 3.14. The van der Waals surface area contributed by atoms with E-state index in [1.54, 1.807) is 41.7 Å². The summed E-state index contributed by atoms with van der Waals surface area (Å²) in [4.78, 5) is 25.5. The summed E-state index contributed by atoms with van der Waals surface area (Å²) in [6.07, 6.45) is 0. The van der Waals surface area contributed by atoms with Crippen LogP contribution in [0.25, 0.3) is 0 Å². The third-order valence-electron chi connectivity index (χ3n) is 3.05. The van der Waals surface area contributed by atoms with Gasteiger partial charge in [0.15, 0.2) is 0 Å². The Kier molecular flexibility index (Phi) is 4.85. The second-order valence-corrected chi connectivity index (χ2v) is 6.64. The number of anilines is 1. The van der Waals surface area contributed by atoms with Crippen molar-refractivity contribution in [3.05, 3.63) is 74.6 Å². The van der Waals surface area contributed by atoms with Crippen LogP contribution in [0.3, 0.4) is 0 Å². The molecule has 1 N–H and O–H groups in total. The van der Waals surface area contributed by atoms with Gasteiger partial charge in [-0.05, 0) is 47.2 Å². The van der Waals surface area contributed by atoms with Crippen LogP contribution >= 0.6 is 22.7 Å². The predicted octanol–water partition coefficient (Wildman–Crippen LogP) is 4.42. The maximum atomic E-state index is 12.0. The molecule has 0 unspecified atom stereocenters. The molecule has 0 aliphatic rings. The van der Waals surface area contributed by atoms with Gasteiger partial charge in [0, 0.05) is 10.6 Å². The Morgan fingerprint density at radius 2 is 1.70 bits per heavy atom. The molecule has 2 aromatic heterocycles. The van der Waals surface area contributed by atoms with Crippen LogP contribution in [0.5, 0.6) is 0 Å². The average Bonchev–Trinajstić information content (AvgIpc) is 3.26. The lowest BCUT2D eigenvalue weighted by molar-refractivity contribution is 0.0477. The molecule has 3 aromatic rings. The van der Waals surface area contributed by atoms with Gasteiger partial charge in [-0.15, -0.1) is 22.7 Å². The molecule has 6 heteroatoms. The number of esters is 1. The van der Waals surface area contributed by atoms with Gasteiger partial charge in [0.05, 0.1) is 10.4 Å². The summed E-state index contributed by atoms with van der Waals surface area (Å²) in [6, 6.07) is 14.1. The van der Waals surface area contributed by atoms with Crippen LogP contribution in [-0.2, 0) is 11.3 Å². The Balaban J connectivity index is 1.58. The molecule has 23 heavy (non-hydrogen) atoms. The molecule has 3 rings (SSSR count). The highest BCUT2D eigenvalue weighted by atomic mass is 32.1. The summed E-state index contributed by atoms with van der Waals surface area (Å²) in [5, 5.41) is 6.57. The number of carbonyl (C=O) groups is 2. The van der Waals surface area contributed by atoms with E-state index in [0.717, 1.165) is 4.88 Å². The van der Waals surface area contributed by atoms with Crippen LogP contribution in [0.4, 0.5) is 5.69 Å². The first-order chi connectivity index (χ1) is 11.2. The molecule has 4 nitrogen and oxygen atoms in total. The molecule has 0 aliphatic carbocycles. The normalized spacial score (nSPS) is 10.3. The number of ether oxygens (including phenoxy) is 1. The minimum atomic E-state index is -0.380. The summed E-state index contributed by atoms with van der Waals surface area (Å²) >= 11 is 2.92. The summed E-state index contributed by atoms with van der Waals surface area (Å²) in [7, 11) is 0. The number of benzene rings is 1. The zero-order valence-corrected chi connectivity index (χ0v) is 13.7. The van der Waals surface area contributed by atoms with Gasteiger partial charge in [0.1, 0.15) is 6.61 Å². The molecule has 2 heterocycles. The van der Waals surface area contributed by atoms with Gasteiger partial charge in [-0.2, -0.15) is 0 Å². The molecule has 1 amide bonds. The maximum absolute atomic E-state index is 12.0. The van der Waals surface area contributed by atoms with Crippen LogP contribution in [-0.4, -0.2) is 11.9 Å². The fraction of sp³-hybridized carbons (Fsp3) is 0.0588. The van der Waals surface area contributed by atoms with Crippen molar-refractivity contribution in [2.75, 3.05) is 5.32 Å². The molecule has 0 saturated carbocycles. The maximum Gasteiger partial charge on any atom is 0.338 e. The lowest BCUT2D eigenvalue weighted by atomic mass is 10.2. The van der Waals surface area contributed by atoms with E-state index in [-0.39, 0.29) is 18.5 Å². The summed E-state index contributed by atoms with van der Waals surface area (Å²) in [6.45, 7) is 0.271. The Morgan fingerprint density at radius 3 is 2.35 bits per heavy atom. The standard InChI is InChI=1S/C17H13NO3S2/c19-16(15-4-2-10-23-15)18-13-7-5-12(6-8-13)17(20)21-11-14-3-1-9-22-14/h1-10H,11H2,(H,18,19). The van der Waals surface area contributed by atoms with Crippen molar-refractivity contribution in [1.29, 1.82) is 0 Å². The van der Waals surface area contributed by atoms with Crippen LogP contribution < -0.4 is 5.32 Å². The number of hydrogen-bond donors (Lipinski definition) is 1. The first-order valence-electron chi connectivity index (χ1n) is 6.87.